The zero-order valence-electron chi connectivity index (χ0n) is 17.7. The zero-order chi connectivity index (χ0) is 21.6. The summed E-state index contributed by atoms with van der Waals surface area (Å²) in [4.78, 5) is 27.4. The van der Waals surface area contributed by atoms with Crippen LogP contribution in [0, 0.1) is 17.8 Å². The van der Waals surface area contributed by atoms with E-state index in [1.54, 1.807) is 5.38 Å². The molecule has 3 atom stereocenters. The third-order valence-electron chi connectivity index (χ3n) is 6.41. The zero-order valence-corrected chi connectivity index (χ0v) is 19.3. The van der Waals surface area contributed by atoms with Gasteiger partial charge < -0.3 is 10.2 Å². The molecule has 2 N–H and O–H groups in total. The number of hydrogen-bond donors (Lipinski definition) is 2. The van der Waals surface area contributed by atoms with Gasteiger partial charge in [-0.3, -0.25) is 4.79 Å². The smallest absolute Gasteiger partial charge is 0.355 e. The van der Waals surface area contributed by atoms with Crippen molar-refractivity contribution < 1.29 is 19.8 Å². The first-order valence-electron chi connectivity index (χ1n) is 11.1. The van der Waals surface area contributed by atoms with Crippen molar-refractivity contribution in [2.75, 3.05) is 5.75 Å². The first kappa shape index (κ1) is 23.5. The number of carboxylic acids is 1. The number of aliphatic hydroxyl groups is 1. The van der Waals surface area contributed by atoms with Gasteiger partial charge in [-0.1, -0.05) is 56.0 Å². The van der Waals surface area contributed by atoms with Gasteiger partial charge in [-0.25, -0.2) is 9.78 Å². The van der Waals surface area contributed by atoms with Gasteiger partial charge in [0.15, 0.2) is 10.0 Å². The maximum absolute atomic E-state index is 12.4. The molecule has 5 nitrogen and oxygen atoms in total. The van der Waals surface area contributed by atoms with Crippen molar-refractivity contribution in [1.82, 2.24) is 4.98 Å². The molecule has 0 saturated heterocycles. The van der Waals surface area contributed by atoms with Crippen molar-refractivity contribution in [1.29, 1.82) is 0 Å². The molecule has 2 aliphatic carbocycles. The Morgan fingerprint density at radius 3 is 2.80 bits per heavy atom. The second kappa shape index (κ2) is 10.9. The van der Waals surface area contributed by atoms with Gasteiger partial charge in [0, 0.05) is 23.5 Å². The molecule has 1 heterocycles. The van der Waals surface area contributed by atoms with Gasteiger partial charge in [-0.15, -0.1) is 11.3 Å². The van der Waals surface area contributed by atoms with E-state index in [-0.39, 0.29) is 17.5 Å². The maximum atomic E-state index is 12.4. The Hall–Kier alpha value is -1.18. The minimum Gasteiger partial charge on any atom is -0.476 e. The summed E-state index contributed by atoms with van der Waals surface area (Å²) in [6, 6.07) is 0. The molecule has 0 bridgehead atoms. The molecule has 1 aromatic heterocycles. The summed E-state index contributed by atoms with van der Waals surface area (Å²) in [5.74, 6) is 0.989. The summed E-state index contributed by atoms with van der Waals surface area (Å²) >= 11 is 2.86. The van der Waals surface area contributed by atoms with E-state index >= 15 is 0 Å². The third-order valence-corrected chi connectivity index (χ3v) is 8.46. The van der Waals surface area contributed by atoms with Crippen LogP contribution in [-0.4, -0.2) is 38.3 Å². The van der Waals surface area contributed by atoms with Gasteiger partial charge in [0.05, 0.1) is 5.60 Å². The van der Waals surface area contributed by atoms with Crippen molar-refractivity contribution in [2.45, 2.75) is 81.1 Å². The number of Topliss-reactive ketones (excluding diaryl/α,β-unsaturated/α-hetero) is 1. The molecule has 7 heteroatoms. The van der Waals surface area contributed by atoms with E-state index in [0.29, 0.717) is 24.5 Å². The Bertz CT molecular complexity index is 752. The minimum atomic E-state index is -1.01. The average Bonchev–Trinajstić information content (AvgIpc) is 3.30. The summed E-state index contributed by atoms with van der Waals surface area (Å²) in [7, 11) is 0. The van der Waals surface area contributed by atoms with E-state index < -0.39 is 11.6 Å². The van der Waals surface area contributed by atoms with Gasteiger partial charge >= 0.3 is 5.97 Å². The van der Waals surface area contributed by atoms with Crippen molar-refractivity contribution in [3.63, 3.8) is 0 Å². The fraction of sp³-hybridized carbons (Fsp3) is 0.696. The number of thioether (sulfide) groups is 1. The molecule has 2 aliphatic rings. The van der Waals surface area contributed by atoms with Crippen molar-refractivity contribution >= 4 is 34.9 Å². The quantitative estimate of drug-likeness (QED) is 0.356. The lowest BCUT2D eigenvalue weighted by atomic mass is 9.80. The fourth-order valence-electron chi connectivity index (χ4n) is 4.83. The van der Waals surface area contributed by atoms with Crippen LogP contribution in [0.5, 0.6) is 0 Å². The molecular formula is C23H33NO4S2. The Balaban J connectivity index is 1.45. The van der Waals surface area contributed by atoms with E-state index in [1.165, 1.54) is 55.2 Å². The van der Waals surface area contributed by atoms with Crippen LogP contribution in [0.15, 0.2) is 21.9 Å². The molecule has 0 amide bonds. The Morgan fingerprint density at radius 2 is 2.10 bits per heavy atom. The first-order chi connectivity index (χ1) is 14.3. The lowest BCUT2D eigenvalue weighted by Gasteiger charge is -2.30. The van der Waals surface area contributed by atoms with Crippen molar-refractivity contribution in [3.8, 4) is 0 Å². The summed E-state index contributed by atoms with van der Waals surface area (Å²) in [6.45, 7) is 1.94. The number of nitrogens with zero attached hydrogens (tertiary/aromatic N) is 1. The number of allylic oxidation sites excluding steroid dienone is 1. The van der Waals surface area contributed by atoms with E-state index in [4.69, 9.17) is 5.11 Å². The molecule has 166 valence electrons. The van der Waals surface area contributed by atoms with Crippen LogP contribution in [0.4, 0.5) is 0 Å². The van der Waals surface area contributed by atoms with Crippen LogP contribution in [0.25, 0.3) is 0 Å². The topological polar surface area (TPSA) is 87.5 Å². The number of aromatic nitrogens is 1. The van der Waals surface area contributed by atoms with E-state index in [1.807, 2.05) is 6.92 Å². The molecule has 0 aromatic carbocycles. The van der Waals surface area contributed by atoms with Crippen LogP contribution in [0.2, 0.25) is 0 Å². The number of thiazole rings is 1. The number of ketones is 1. The van der Waals surface area contributed by atoms with Gasteiger partial charge in [-0.2, -0.15) is 0 Å². The molecule has 3 rings (SSSR count). The van der Waals surface area contributed by atoms with Crippen LogP contribution < -0.4 is 0 Å². The number of hydrogen-bond acceptors (Lipinski definition) is 6. The highest BCUT2D eigenvalue weighted by Gasteiger charge is 2.33. The number of rotatable bonds is 10. The fourth-order valence-corrected chi connectivity index (χ4v) is 6.72. The number of carbonyl (C=O) groups is 2. The SMILES string of the molecule is CC(O)(C/C=C/C1CCC(=O)[C@@H]1CCSc1nc(C(=O)O)cs1)CC1CCCCC1. The number of carbonyl (C=O) groups excluding carboxylic acids is 1. The first-order valence-corrected chi connectivity index (χ1v) is 12.9. The predicted molar refractivity (Wildman–Crippen MR) is 121 cm³/mol. The van der Waals surface area contributed by atoms with Crippen LogP contribution in [0.1, 0.15) is 81.6 Å². The van der Waals surface area contributed by atoms with Crippen molar-refractivity contribution in [2.24, 2.45) is 17.8 Å². The minimum absolute atomic E-state index is 0.0240. The summed E-state index contributed by atoms with van der Waals surface area (Å²) < 4.78 is 0.740. The summed E-state index contributed by atoms with van der Waals surface area (Å²) in [5, 5.41) is 21.3. The Kier molecular flexibility index (Phi) is 8.54. The summed E-state index contributed by atoms with van der Waals surface area (Å²) in [6.07, 6.45) is 14.4. The molecule has 0 spiro atoms. The molecule has 2 fully saturated rings. The van der Waals surface area contributed by atoms with Gasteiger partial charge in [-0.05, 0) is 44.4 Å². The second-order valence-electron chi connectivity index (χ2n) is 9.05. The van der Waals surface area contributed by atoms with Crippen LogP contribution >= 0.6 is 23.1 Å². The lowest BCUT2D eigenvalue weighted by Crippen LogP contribution is -2.28. The second-order valence-corrected chi connectivity index (χ2v) is 11.3. The molecular weight excluding hydrogens is 418 g/mol. The Morgan fingerprint density at radius 1 is 1.33 bits per heavy atom. The maximum Gasteiger partial charge on any atom is 0.355 e. The van der Waals surface area contributed by atoms with Crippen LogP contribution in [0.3, 0.4) is 0 Å². The highest BCUT2D eigenvalue weighted by molar-refractivity contribution is 8.01. The number of aromatic carboxylic acids is 1. The molecule has 1 aromatic rings. The largest absolute Gasteiger partial charge is 0.476 e. The number of carboxylic acid groups (broad SMARTS) is 1. The standard InChI is InChI=1S/C23H33NO4S2/c1-23(28,14-16-6-3-2-4-7-16)12-5-8-17-9-10-20(25)18(17)11-13-29-22-24-19(15-30-22)21(26)27/h5,8,15-18,28H,2-4,6-7,9-14H2,1H3,(H,26,27)/b8-5+/t17?,18-,23?/m1/s1. The van der Waals surface area contributed by atoms with Crippen LogP contribution in [-0.2, 0) is 4.79 Å². The molecule has 0 aliphatic heterocycles. The Labute approximate surface area is 187 Å². The van der Waals surface area contributed by atoms with Crippen molar-refractivity contribution in [3.05, 3.63) is 23.2 Å². The van der Waals surface area contributed by atoms with E-state index in [0.717, 1.165) is 29.4 Å². The molecule has 0 radical (unpaired) electrons. The van der Waals surface area contributed by atoms with Gasteiger partial charge in [0.1, 0.15) is 5.78 Å². The highest BCUT2D eigenvalue weighted by atomic mass is 32.2. The van der Waals surface area contributed by atoms with E-state index in [9.17, 15) is 14.7 Å². The van der Waals surface area contributed by atoms with Gasteiger partial charge in [0.2, 0.25) is 0 Å². The lowest BCUT2D eigenvalue weighted by molar-refractivity contribution is -0.121. The van der Waals surface area contributed by atoms with E-state index in [2.05, 4.69) is 17.1 Å². The third kappa shape index (κ3) is 6.92. The molecule has 2 unspecified atom stereocenters. The molecule has 2 saturated carbocycles. The van der Waals surface area contributed by atoms with Gasteiger partial charge in [0.25, 0.3) is 0 Å². The highest BCUT2D eigenvalue weighted by Crippen LogP contribution is 2.36. The summed E-state index contributed by atoms with van der Waals surface area (Å²) in [5.41, 5.74) is -0.584. The normalized spacial score (nSPS) is 25.1. The monoisotopic (exact) mass is 451 g/mol. The average molecular weight is 452 g/mol. The predicted octanol–water partition coefficient (Wildman–Crippen LogP) is 5.59. The molecule has 30 heavy (non-hydrogen) atoms.